The summed E-state index contributed by atoms with van der Waals surface area (Å²) >= 11 is 20.3. The van der Waals surface area contributed by atoms with E-state index in [1.54, 1.807) is 0 Å². The summed E-state index contributed by atoms with van der Waals surface area (Å²) in [5, 5.41) is 0. The Morgan fingerprint density at radius 1 is 0.220 bits per heavy atom. The maximum Gasteiger partial charge on any atom is 0.0506 e. The molecule has 0 aromatic rings. The van der Waals surface area contributed by atoms with E-state index in [1.165, 1.54) is 155 Å². The van der Waals surface area contributed by atoms with Crippen LogP contribution in [0, 0.1) is 0 Å². The first kappa shape index (κ1) is 46.6. The number of nitrogens with zero attached hydrogens (tertiary/aromatic N) is 6. The Hall–Kier alpha value is 5.60. The van der Waals surface area contributed by atoms with Crippen LogP contribution in [0.2, 0.25) is 0 Å². The zero-order valence-corrected chi connectivity index (χ0v) is 42.1. The van der Waals surface area contributed by atoms with Crippen molar-refractivity contribution in [3.05, 3.63) is 0 Å². The molecule has 0 N–H and O–H groups in total. The largest absolute Gasteiger partial charge is 0.301 e. The summed E-state index contributed by atoms with van der Waals surface area (Å²) in [4.78, 5) is 16.2. The van der Waals surface area contributed by atoms with Crippen molar-refractivity contribution < 1.29 is 0 Å². The van der Waals surface area contributed by atoms with Gasteiger partial charge in [-0.15, -0.1) is 0 Å². The predicted molar refractivity (Wildman–Crippen MR) is 254 cm³/mol. The highest BCUT2D eigenvalue weighted by Gasteiger charge is 2.14. The fourth-order valence-electron chi connectivity index (χ4n) is 4.55. The first-order chi connectivity index (χ1) is 20.0. The summed E-state index contributed by atoms with van der Waals surface area (Å²) < 4.78 is 9.71. The minimum atomic E-state index is 1.14. The molecule has 14 heteroatoms. The van der Waals surface area contributed by atoms with Crippen LogP contribution in [-0.2, 0) is 0 Å². The number of hydrogen-bond acceptors (Lipinski definition) is 6. The molecular formula is C27H54I8N6. The van der Waals surface area contributed by atoms with Gasteiger partial charge in [-0.25, -0.2) is 0 Å². The molecule has 0 unspecified atom stereocenters. The van der Waals surface area contributed by atoms with E-state index in [9.17, 15) is 0 Å². The lowest BCUT2D eigenvalue weighted by Crippen LogP contribution is -2.42. The molecule has 0 aromatic carbocycles. The Labute approximate surface area is 363 Å². The quantitative estimate of drug-likeness (QED) is 0.0311. The molecule has 0 bridgehead atoms. The SMILES string of the molecule is ICCN(CI)CCN(CCCCN(CCN(CCI)CCI)CCN(CCI)CCI)CCN(CCI)CCI. The second kappa shape index (κ2) is 35.4. The van der Waals surface area contributed by atoms with Crippen molar-refractivity contribution in [1.82, 2.24) is 29.4 Å². The summed E-state index contributed by atoms with van der Waals surface area (Å²) in [6, 6.07) is 0. The molecule has 0 amide bonds. The van der Waals surface area contributed by atoms with Gasteiger partial charge in [-0.1, -0.05) is 181 Å². The third-order valence-electron chi connectivity index (χ3n) is 7.10. The summed E-state index contributed by atoms with van der Waals surface area (Å²) in [6.07, 6.45) is 2.62. The lowest BCUT2D eigenvalue weighted by Gasteiger charge is -2.31. The number of rotatable bonds is 32. The van der Waals surface area contributed by atoms with E-state index in [2.05, 4.69) is 210 Å². The molecule has 0 aliphatic heterocycles. The molecule has 0 radical (unpaired) electrons. The monoisotopic (exact) mass is 1480 g/mol. The first-order valence-corrected chi connectivity index (χ1v) is 27.0. The average Bonchev–Trinajstić information content (AvgIpc) is 2.96. The van der Waals surface area contributed by atoms with Crippen LogP contribution in [-0.4, -0.2) is 176 Å². The van der Waals surface area contributed by atoms with Gasteiger partial charge in [0.1, 0.15) is 0 Å². The van der Waals surface area contributed by atoms with Crippen LogP contribution in [0.15, 0.2) is 0 Å². The van der Waals surface area contributed by atoms with Crippen molar-refractivity contribution in [1.29, 1.82) is 0 Å². The highest BCUT2D eigenvalue weighted by molar-refractivity contribution is 14.1. The zero-order valence-electron chi connectivity index (χ0n) is 24.8. The smallest absolute Gasteiger partial charge is 0.0506 e. The molecule has 0 aromatic heterocycles. The topological polar surface area (TPSA) is 19.4 Å². The summed E-state index contributed by atoms with van der Waals surface area (Å²) in [5.74, 6) is 0. The molecule has 41 heavy (non-hydrogen) atoms. The number of halogens is 8. The van der Waals surface area contributed by atoms with Gasteiger partial charge in [0.2, 0.25) is 0 Å². The molecule has 0 heterocycles. The average molecular weight is 1480 g/mol. The Morgan fingerprint density at radius 2 is 0.415 bits per heavy atom. The Bertz CT molecular complexity index is 508. The van der Waals surface area contributed by atoms with E-state index >= 15 is 0 Å². The molecule has 0 saturated carbocycles. The summed E-state index contributed by atoms with van der Waals surface area (Å²) in [7, 11) is 0. The molecule has 0 saturated heterocycles. The Morgan fingerprint density at radius 3 is 0.634 bits per heavy atom. The van der Waals surface area contributed by atoms with Crippen LogP contribution in [0.3, 0.4) is 0 Å². The van der Waals surface area contributed by atoms with Crippen LogP contribution in [0.25, 0.3) is 0 Å². The summed E-state index contributed by atoms with van der Waals surface area (Å²) in [6.45, 7) is 20.7. The van der Waals surface area contributed by atoms with Gasteiger partial charge in [0.25, 0.3) is 0 Å². The fraction of sp³-hybridized carbons (Fsp3) is 1.00. The molecule has 0 rings (SSSR count). The van der Waals surface area contributed by atoms with E-state index in [0.717, 1.165) is 4.55 Å². The van der Waals surface area contributed by atoms with E-state index in [1.807, 2.05) is 0 Å². The van der Waals surface area contributed by atoms with E-state index < -0.39 is 0 Å². The molecule has 6 nitrogen and oxygen atoms in total. The van der Waals surface area contributed by atoms with Gasteiger partial charge in [0, 0.05) is 129 Å². The second-order valence-corrected chi connectivity index (χ2v) is 18.2. The van der Waals surface area contributed by atoms with Gasteiger partial charge in [-0.3, -0.25) is 4.90 Å². The van der Waals surface area contributed by atoms with E-state index in [4.69, 9.17) is 0 Å². The van der Waals surface area contributed by atoms with E-state index in [-0.39, 0.29) is 0 Å². The van der Waals surface area contributed by atoms with Crippen molar-refractivity contribution in [2.24, 2.45) is 0 Å². The van der Waals surface area contributed by atoms with Crippen molar-refractivity contribution in [3.63, 3.8) is 0 Å². The normalized spacial score (nSPS) is 12.4. The van der Waals surface area contributed by atoms with Crippen molar-refractivity contribution in [2.75, 3.05) is 147 Å². The van der Waals surface area contributed by atoms with Gasteiger partial charge in [-0.2, -0.15) is 0 Å². The highest BCUT2D eigenvalue weighted by atomic mass is 127. The molecule has 0 aliphatic carbocycles. The molecule has 0 fully saturated rings. The van der Waals surface area contributed by atoms with Crippen molar-refractivity contribution in [3.8, 4) is 0 Å². The van der Waals surface area contributed by atoms with Crippen LogP contribution in [0.4, 0.5) is 0 Å². The standard InChI is InChI=1S/C27H54I8N6/c28-3-12-38(13-4-29)22-19-36(20-23-39(14-5-30)15-6-31)10-1-2-11-37(25-26-41(27-35)18-9-34)21-24-40(16-7-32)17-8-33/h1-27H2. The lowest BCUT2D eigenvalue weighted by atomic mass is 10.2. The number of hydrogen-bond donors (Lipinski definition) is 0. The predicted octanol–water partition coefficient (Wildman–Crippen LogP) is 7.02. The zero-order chi connectivity index (χ0) is 30.6. The third kappa shape index (κ3) is 28.0. The molecular weight excluding hydrogens is 1420 g/mol. The van der Waals surface area contributed by atoms with Gasteiger partial charge in [0.15, 0.2) is 0 Å². The minimum Gasteiger partial charge on any atom is -0.301 e. The lowest BCUT2D eigenvalue weighted by molar-refractivity contribution is 0.175. The maximum absolute atomic E-state index is 2.78. The van der Waals surface area contributed by atoms with Gasteiger partial charge < -0.3 is 24.5 Å². The van der Waals surface area contributed by atoms with Crippen molar-refractivity contribution >= 4 is 181 Å². The van der Waals surface area contributed by atoms with Gasteiger partial charge in [-0.05, 0) is 25.9 Å². The number of unbranched alkanes of at least 4 members (excludes halogenated alkanes) is 1. The fourth-order valence-corrected chi connectivity index (χ4v) is 10.0. The van der Waals surface area contributed by atoms with Crippen LogP contribution in [0.1, 0.15) is 12.8 Å². The van der Waals surface area contributed by atoms with Crippen LogP contribution >= 0.6 is 181 Å². The first-order valence-electron chi connectivity index (χ1n) is 14.8. The van der Waals surface area contributed by atoms with Crippen molar-refractivity contribution in [2.45, 2.75) is 12.8 Å². The Balaban J connectivity index is 5.10. The minimum absolute atomic E-state index is 1.14. The third-order valence-corrected chi connectivity index (χ3v) is 11.4. The van der Waals surface area contributed by atoms with Gasteiger partial charge in [0.05, 0.1) is 4.55 Å². The second-order valence-electron chi connectivity index (χ2n) is 9.98. The van der Waals surface area contributed by atoms with Crippen LogP contribution in [0.5, 0.6) is 0 Å². The van der Waals surface area contributed by atoms with Gasteiger partial charge >= 0.3 is 0 Å². The summed E-state index contributed by atoms with van der Waals surface area (Å²) in [5.41, 5.74) is 0. The maximum atomic E-state index is 2.78. The van der Waals surface area contributed by atoms with Crippen LogP contribution < -0.4 is 0 Å². The van der Waals surface area contributed by atoms with E-state index in [0.29, 0.717) is 0 Å². The molecule has 0 atom stereocenters. The molecule has 248 valence electrons. The Kier molecular flexibility index (Phi) is 40.3. The molecule has 0 spiro atoms. The highest BCUT2D eigenvalue weighted by Crippen LogP contribution is 2.06. The molecule has 0 aliphatic rings. The number of alkyl halides is 8.